The maximum absolute atomic E-state index is 11.3. The van der Waals surface area contributed by atoms with Crippen LogP contribution in [0.2, 0.25) is 0 Å². The maximum atomic E-state index is 11.3. The number of likely N-dealkylation sites (N-methyl/N-ethyl adjacent to an activating group) is 1. The first kappa shape index (κ1) is 12.1. The van der Waals surface area contributed by atoms with Crippen molar-refractivity contribution >= 4 is 11.8 Å². The van der Waals surface area contributed by atoms with Crippen LogP contribution in [0.15, 0.2) is 0 Å². The number of Topliss-reactive ketones (excluding diaryl/α,β-unsaturated/α-hetero) is 1. The van der Waals surface area contributed by atoms with Crippen molar-refractivity contribution in [3.8, 4) is 0 Å². The fourth-order valence-corrected chi connectivity index (χ4v) is 1.21. The molecule has 1 N–H and O–H groups in total. The molecule has 0 bridgehead atoms. The number of nitrogens with one attached hydrogen (secondary N) is 1. The van der Waals surface area contributed by atoms with Crippen LogP contribution in [0.1, 0.15) is 19.8 Å². The number of esters is 1. The molecule has 0 spiro atoms. The molecule has 1 aliphatic rings. The van der Waals surface area contributed by atoms with Crippen LogP contribution < -0.4 is 5.32 Å². The summed E-state index contributed by atoms with van der Waals surface area (Å²) in [7, 11) is 1.65. The molecule has 0 saturated carbocycles. The minimum absolute atomic E-state index is 0.0556. The third-order valence-electron chi connectivity index (χ3n) is 2.32. The lowest BCUT2D eigenvalue weighted by Gasteiger charge is -2.11. The minimum Gasteiger partial charge on any atom is -0.466 e. The van der Waals surface area contributed by atoms with Crippen LogP contribution in [-0.2, 0) is 19.1 Å². The van der Waals surface area contributed by atoms with Crippen molar-refractivity contribution in [2.24, 2.45) is 0 Å². The third-order valence-corrected chi connectivity index (χ3v) is 2.32. The molecule has 0 aliphatic carbocycles. The number of hydrogen-bond donors (Lipinski definition) is 1. The highest BCUT2D eigenvalue weighted by atomic mass is 16.6. The van der Waals surface area contributed by atoms with E-state index >= 15 is 0 Å². The summed E-state index contributed by atoms with van der Waals surface area (Å²) in [4.78, 5) is 22.3. The van der Waals surface area contributed by atoms with Gasteiger partial charge in [-0.25, -0.2) is 0 Å². The lowest BCUT2D eigenvalue weighted by Crippen LogP contribution is -2.35. The fraction of sp³-hybridized carbons (Fsp3) is 0.800. The van der Waals surface area contributed by atoms with Crippen molar-refractivity contribution < 1.29 is 19.1 Å². The summed E-state index contributed by atoms with van der Waals surface area (Å²) in [5.74, 6) is -0.398. The first-order valence-electron chi connectivity index (χ1n) is 5.08. The van der Waals surface area contributed by atoms with Crippen LogP contribution >= 0.6 is 0 Å². The summed E-state index contributed by atoms with van der Waals surface area (Å²) in [5.41, 5.74) is 0. The Morgan fingerprint density at radius 2 is 2.27 bits per heavy atom. The number of rotatable bonds is 7. The SMILES string of the molecule is CNC(CC(=O)OCCC1CO1)C(C)=O. The second-order valence-electron chi connectivity index (χ2n) is 3.62. The average Bonchev–Trinajstić information content (AvgIpc) is 2.97. The monoisotopic (exact) mass is 215 g/mol. The normalized spacial score (nSPS) is 20.8. The van der Waals surface area contributed by atoms with Gasteiger partial charge in [-0.3, -0.25) is 9.59 Å². The zero-order valence-electron chi connectivity index (χ0n) is 9.12. The Labute approximate surface area is 89.1 Å². The number of ketones is 1. The summed E-state index contributed by atoms with van der Waals surface area (Å²) in [6.45, 7) is 2.59. The summed E-state index contributed by atoms with van der Waals surface area (Å²) >= 11 is 0. The summed E-state index contributed by atoms with van der Waals surface area (Å²) in [6, 6.07) is -0.435. The zero-order chi connectivity index (χ0) is 11.3. The highest BCUT2D eigenvalue weighted by molar-refractivity contribution is 5.86. The Balaban J connectivity index is 2.12. The third kappa shape index (κ3) is 4.90. The highest BCUT2D eigenvalue weighted by Gasteiger charge is 2.23. The van der Waals surface area contributed by atoms with Crippen molar-refractivity contribution in [3.05, 3.63) is 0 Å². The lowest BCUT2D eigenvalue weighted by molar-refractivity contribution is -0.145. The van der Waals surface area contributed by atoms with E-state index in [1.54, 1.807) is 7.05 Å². The Bertz CT molecular complexity index is 238. The van der Waals surface area contributed by atoms with E-state index in [2.05, 4.69) is 5.32 Å². The molecule has 0 aromatic rings. The molecule has 1 heterocycles. The molecule has 5 nitrogen and oxygen atoms in total. The molecule has 1 saturated heterocycles. The quantitative estimate of drug-likeness (QED) is 0.474. The van der Waals surface area contributed by atoms with Gasteiger partial charge in [0.15, 0.2) is 0 Å². The molecule has 5 heteroatoms. The number of ether oxygens (including phenoxy) is 2. The van der Waals surface area contributed by atoms with Crippen molar-refractivity contribution in [1.29, 1.82) is 0 Å². The van der Waals surface area contributed by atoms with Gasteiger partial charge in [0.1, 0.15) is 5.78 Å². The molecule has 1 fully saturated rings. The molecule has 2 atom stereocenters. The highest BCUT2D eigenvalue weighted by Crippen LogP contribution is 2.13. The number of carbonyl (C=O) groups excluding carboxylic acids is 2. The van der Waals surface area contributed by atoms with E-state index in [1.807, 2.05) is 0 Å². The largest absolute Gasteiger partial charge is 0.466 e. The van der Waals surface area contributed by atoms with Crippen LogP contribution in [0.3, 0.4) is 0 Å². The van der Waals surface area contributed by atoms with Gasteiger partial charge in [-0.05, 0) is 14.0 Å². The Kier molecular flexibility index (Phi) is 4.71. The smallest absolute Gasteiger partial charge is 0.307 e. The number of hydrogen-bond acceptors (Lipinski definition) is 5. The summed E-state index contributed by atoms with van der Waals surface area (Å²) in [5, 5.41) is 2.77. The maximum Gasteiger partial charge on any atom is 0.307 e. The Hall–Kier alpha value is -0.940. The summed E-state index contributed by atoms with van der Waals surface area (Å²) < 4.78 is 9.94. The average molecular weight is 215 g/mol. The van der Waals surface area contributed by atoms with Crippen LogP contribution in [-0.4, -0.2) is 44.2 Å². The van der Waals surface area contributed by atoms with E-state index in [1.165, 1.54) is 6.92 Å². The van der Waals surface area contributed by atoms with E-state index in [4.69, 9.17) is 9.47 Å². The van der Waals surface area contributed by atoms with E-state index in [9.17, 15) is 9.59 Å². The van der Waals surface area contributed by atoms with Crippen LogP contribution in [0.4, 0.5) is 0 Å². The predicted molar refractivity (Wildman–Crippen MR) is 53.5 cm³/mol. The van der Waals surface area contributed by atoms with Gasteiger partial charge in [-0.15, -0.1) is 0 Å². The van der Waals surface area contributed by atoms with Crippen LogP contribution in [0.5, 0.6) is 0 Å². The standard InChI is InChI=1S/C10H17NO4/c1-7(12)9(11-2)5-10(13)14-4-3-8-6-15-8/h8-9,11H,3-6H2,1-2H3. The molecular formula is C10H17NO4. The van der Waals surface area contributed by atoms with Gasteiger partial charge in [0.2, 0.25) is 0 Å². The van der Waals surface area contributed by atoms with Crippen molar-refractivity contribution in [1.82, 2.24) is 5.32 Å². The van der Waals surface area contributed by atoms with E-state index in [-0.39, 0.29) is 24.3 Å². The van der Waals surface area contributed by atoms with Crippen molar-refractivity contribution in [2.45, 2.75) is 31.9 Å². The predicted octanol–water partition coefficient (Wildman–Crippen LogP) is -0.114. The van der Waals surface area contributed by atoms with Crippen LogP contribution in [0, 0.1) is 0 Å². The second-order valence-corrected chi connectivity index (χ2v) is 3.62. The van der Waals surface area contributed by atoms with Gasteiger partial charge >= 0.3 is 5.97 Å². The van der Waals surface area contributed by atoms with Crippen molar-refractivity contribution in [2.75, 3.05) is 20.3 Å². The van der Waals surface area contributed by atoms with E-state index < -0.39 is 6.04 Å². The molecule has 15 heavy (non-hydrogen) atoms. The first-order chi connectivity index (χ1) is 7.13. The Morgan fingerprint density at radius 1 is 1.60 bits per heavy atom. The van der Waals surface area contributed by atoms with E-state index in [0.717, 1.165) is 13.0 Å². The van der Waals surface area contributed by atoms with Gasteiger partial charge in [-0.2, -0.15) is 0 Å². The molecule has 2 unspecified atom stereocenters. The molecule has 0 amide bonds. The number of epoxide rings is 1. The lowest BCUT2D eigenvalue weighted by atomic mass is 10.1. The zero-order valence-corrected chi connectivity index (χ0v) is 9.12. The first-order valence-corrected chi connectivity index (χ1v) is 5.08. The fourth-order valence-electron chi connectivity index (χ4n) is 1.21. The Morgan fingerprint density at radius 3 is 2.73 bits per heavy atom. The van der Waals surface area contributed by atoms with Crippen molar-refractivity contribution in [3.63, 3.8) is 0 Å². The topological polar surface area (TPSA) is 67.9 Å². The van der Waals surface area contributed by atoms with Gasteiger partial charge in [0, 0.05) is 6.42 Å². The molecule has 0 radical (unpaired) electrons. The summed E-state index contributed by atoms with van der Waals surface area (Å²) in [6.07, 6.45) is 1.11. The van der Waals surface area contributed by atoms with Crippen LogP contribution in [0.25, 0.3) is 0 Å². The van der Waals surface area contributed by atoms with Gasteiger partial charge in [-0.1, -0.05) is 0 Å². The van der Waals surface area contributed by atoms with Gasteiger partial charge in [0.05, 0.1) is 31.8 Å². The van der Waals surface area contributed by atoms with Gasteiger partial charge < -0.3 is 14.8 Å². The molecule has 86 valence electrons. The molecule has 0 aromatic carbocycles. The minimum atomic E-state index is -0.435. The van der Waals surface area contributed by atoms with E-state index in [0.29, 0.717) is 6.61 Å². The molecule has 1 aliphatic heterocycles. The molecular weight excluding hydrogens is 198 g/mol. The second kappa shape index (κ2) is 5.82. The van der Waals surface area contributed by atoms with Gasteiger partial charge in [0.25, 0.3) is 0 Å². The number of carbonyl (C=O) groups is 2. The molecule has 1 rings (SSSR count). The molecule has 0 aromatic heterocycles.